The van der Waals surface area contributed by atoms with E-state index in [4.69, 9.17) is 4.74 Å². The number of amides is 1. The van der Waals surface area contributed by atoms with Crippen molar-refractivity contribution in [2.45, 2.75) is 38.9 Å². The van der Waals surface area contributed by atoms with Gasteiger partial charge in [-0.3, -0.25) is 4.79 Å². The molecule has 0 aliphatic carbocycles. The second-order valence-corrected chi connectivity index (χ2v) is 5.32. The summed E-state index contributed by atoms with van der Waals surface area (Å²) in [6.45, 7) is 3.94. The third-order valence-corrected chi connectivity index (χ3v) is 3.11. The fraction of sp³-hybridized carbons (Fsp3) is 0.500. The summed E-state index contributed by atoms with van der Waals surface area (Å²) < 4.78 is 6.42. The van der Waals surface area contributed by atoms with Gasteiger partial charge in [0.15, 0.2) is 6.10 Å². The molecule has 106 valence electrons. The van der Waals surface area contributed by atoms with Gasteiger partial charge in [0.2, 0.25) is 0 Å². The van der Waals surface area contributed by atoms with Crippen LogP contribution in [-0.4, -0.2) is 29.8 Å². The van der Waals surface area contributed by atoms with E-state index in [-0.39, 0.29) is 12.5 Å². The van der Waals surface area contributed by atoms with Crippen molar-refractivity contribution in [3.8, 4) is 5.75 Å². The molecular formula is C14H20BrNO3. The van der Waals surface area contributed by atoms with Crippen LogP contribution in [0.5, 0.6) is 5.75 Å². The third kappa shape index (κ3) is 6.07. The van der Waals surface area contributed by atoms with Crippen molar-refractivity contribution < 1.29 is 14.6 Å². The van der Waals surface area contributed by atoms with Crippen LogP contribution in [0.2, 0.25) is 0 Å². The summed E-state index contributed by atoms with van der Waals surface area (Å²) in [6, 6.07) is 7.32. The van der Waals surface area contributed by atoms with Crippen molar-refractivity contribution >= 4 is 21.8 Å². The number of carbonyl (C=O) groups excluding carboxylic acids is 1. The average Bonchev–Trinajstić information content (AvgIpc) is 2.36. The summed E-state index contributed by atoms with van der Waals surface area (Å²) >= 11 is 3.34. The first-order valence-electron chi connectivity index (χ1n) is 6.41. The molecule has 0 saturated carbocycles. The topological polar surface area (TPSA) is 58.6 Å². The Morgan fingerprint density at radius 3 is 2.89 bits per heavy atom. The molecule has 4 nitrogen and oxygen atoms in total. The highest BCUT2D eigenvalue weighted by molar-refractivity contribution is 9.10. The first-order valence-corrected chi connectivity index (χ1v) is 7.20. The summed E-state index contributed by atoms with van der Waals surface area (Å²) in [4.78, 5) is 11.8. The van der Waals surface area contributed by atoms with E-state index in [9.17, 15) is 9.90 Å². The Kier molecular flexibility index (Phi) is 6.87. The van der Waals surface area contributed by atoms with Crippen molar-refractivity contribution in [2.24, 2.45) is 0 Å². The molecule has 2 unspecified atom stereocenters. The summed E-state index contributed by atoms with van der Waals surface area (Å²) in [5, 5.41) is 12.2. The number of aliphatic hydroxyl groups is 1. The van der Waals surface area contributed by atoms with E-state index in [0.717, 1.165) is 10.9 Å². The van der Waals surface area contributed by atoms with Gasteiger partial charge in [-0.05, 0) is 31.5 Å². The molecule has 1 aromatic rings. The Labute approximate surface area is 122 Å². The fourth-order valence-corrected chi connectivity index (χ4v) is 1.97. The van der Waals surface area contributed by atoms with Gasteiger partial charge >= 0.3 is 0 Å². The van der Waals surface area contributed by atoms with Crippen LogP contribution in [0.4, 0.5) is 0 Å². The highest BCUT2D eigenvalue weighted by Gasteiger charge is 2.15. The van der Waals surface area contributed by atoms with Crippen molar-refractivity contribution in [3.05, 3.63) is 28.7 Å². The zero-order chi connectivity index (χ0) is 14.3. The molecule has 0 aromatic heterocycles. The van der Waals surface area contributed by atoms with E-state index in [2.05, 4.69) is 21.2 Å². The Balaban J connectivity index is 2.40. The van der Waals surface area contributed by atoms with Gasteiger partial charge in [0.1, 0.15) is 5.75 Å². The number of hydrogen-bond donors (Lipinski definition) is 2. The standard InChI is InChI=1S/C14H20BrNO3/c1-3-5-12(17)9-16-14(18)10(2)19-13-7-4-6-11(15)8-13/h4,6-8,10,12,17H,3,5,9H2,1-2H3,(H,16,18). The lowest BCUT2D eigenvalue weighted by molar-refractivity contribution is -0.127. The van der Waals surface area contributed by atoms with E-state index >= 15 is 0 Å². The number of ether oxygens (including phenoxy) is 1. The van der Waals surface area contributed by atoms with Crippen LogP contribution < -0.4 is 10.1 Å². The van der Waals surface area contributed by atoms with Gasteiger partial charge in [0.25, 0.3) is 5.91 Å². The number of benzene rings is 1. The van der Waals surface area contributed by atoms with Crippen LogP contribution in [0, 0.1) is 0 Å². The Morgan fingerprint density at radius 2 is 2.26 bits per heavy atom. The predicted octanol–water partition coefficient (Wildman–Crippen LogP) is 2.49. The van der Waals surface area contributed by atoms with Crippen LogP contribution in [0.25, 0.3) is 0 Å². The van der Waals surface area contributed by atoms with Crippen LogP contribution in [0.1, 0.15) is 26.7 Å². The molecule has 1 rings (SSSR count). The lowest BCUT2D eigenvalue weighted by atomic mass is 10.2. The van der Waals surface area contributed by atoms with Gasteiger partial charge in [0, 0.05) is 11.0 Å². The molecule has 0 spiro atoms. The third-order valence-electron chi connectivity index (χ3n) is 2.61. The van der Waals surface area contributed by atoms with E-state index in [1.165, 1.54) is 0 Å². The van der Waals surface area contributed by atoms with Crippen molar-refractivity contribution in [1.29, 1.82) is 0 Å². The largest absolute Gasteiger partial charge is 0.481 e. The maximum Gasteiger partial charge on any atom is 0.260 e. The van der Waals surface area contributed by atoms with Crippen molar-refractivity contribution in [1.82, 2.24) is 5.32 Å². The maximum absolute atomic E-state index is 11.8. The molecule has 1 aromatic carbocycles. The SMILES string of the molecule is CCCC(O)CNC(=O)C(C)Oc1cccc(Br)c1. The van der Waals surface area contributed by atoms with Crippen molar-refractivity contribution in [3.63, 3.8) is 0 Å². The van der Waals surface area contributed by atoms with Crippen molar-refractivity contribution in [2.75, 3.05) is 6.54 Å². The van der Waals surface area contributed by atoms with Gasteiger partial charge in [-0.2, -0.15) is 0 Å². The van der Waals surface area contributed by atoms with Crippen LogP contribution in [0.15, 0.2) is 28.7 Å². The van der Waals surface area contributed by atoms with Gasteiger partial charge in [-0.15, -0.1) is 0 Å². The Morgan fingerprint density at radius 1 is 1.53 bits per heavy atom. The molecule has 0 radical (unpaired) electrons. The van der Waals surface area contributed by atoms with E-state index < -0.39 is 12.2 Å². The number of aliphatic hydroxyl groups excluding tert-OH is 1. The van der Waals surface area contributed by atoms with E-state index in [1.807, 2.05) is 19.1 Å². The second-order valence-electron chi connectivity index (χ2n) is 4.41. The molecule has 2 atom stereocenters. The minimum atomic E-state index is -0.594. The summed E-state index contributed by atoms with van der Waals surface area (Å²) in [6.07, 6.45) is 0.484. The Bertz CT molecular complexity index is 411. The van der Waals surface area contributed by atoms with Gasteiger partial charge in [0.05, 0.1) is 6.10 Å². The summed E-state index contributed by atoms with van der Waals surface area (Å²) in [5.74, 6) is 0.404. The molecule has 0 aliphatic rings. The lowest BCUT2D eigenvalue weighted by Crippen LogP contribution is -2.40. The monoisotopic (exact) mass is 329 g/mol. The number of rotatable bonds is 7. The number of halogens is 1. The van der Waals surface area contributed by atoms with Gasteiger partial charge < -0.3 is 15.2 Å². The highest BCUT2D eigenvalue weighted by atomic mass is 79.9. The predicted molar refractivity (Wildman–Crippen MR) is 78.2 cm³/mol. The van der Waals surface area contributed by atoms with E-state index in [0.29, 0.717) is 12.2 Å². The van der Waals surface area contributed by atoms with E-state index in [1.54, 1.807) is 19.1 Å². The molecule has 19 heavy (non-hydrogen) atoms. The smallest absolute Gasteiger partial charge is 0.260 e. The van der Waals surface area contributed by atoms with Gasteiger partial charge in [-0.25, -0.2) is 0 Å². The lowest BCUT2D eigenvalue weighted by Gasteiger charge is -2.16. The molecule has 1 amide bonds. The van der Waals surface area contributed by atoms with Gasteiger partial charge in [-0.1, -0.05) is 35.3 Å². The number of nitrogens with one attached hydrogen (secondary N) is 1. The quantitative estimate of drug-likeness (QED) is 0.808. The zero-order valence-electron chi connectivity index (χ0n) is 11.2. The van der Waals surface area contributed by atoms with Crippen LogP contribution in [0.3, 0.4) is 0 Å². The second kappa shape index (κ2) is 8.17. The molecule has 0 saturated heterocycles. The number of hydrogen-bond acceptors (Lipinski definition) is 3. The molecule has 2 N–H and O–H groups in total. The average molecular weight is 330 g/mol. The highest BCUT2D eigenvalue weighted by Crippen LogP contribution is 2.18. The molecule has 0 fully saturated rings. The Hall–Kier alpha value is -1.07. The normalized spacial score (nSPS) is 13.7. The minimum Gasteiger partial charge on any atom is -0.481 e. The molecule has 5 heteroatoms. The molecule has 0 aliphatic heterocycles. The fourth-order valence-electron chi connectivity index (χ4n) is 1.60. The first-order chi connectivity index (χ1) is 9.02. The summed E-state index contributed by atoms with van der Waals surface area (Å²) in [5.41, 5.74) is 0. The summed E-state index contributed by atoms with van der Waals surface area (Å²) in [7, 11) is 0. The minimum absolute atomic E-state index is 0.227. The zero-order valence-corrected chi connectivity index (χ0v) is 12.8. The molecule has 0 heterocycles. The first kappa shape index (κ1) is 16.0. The van der Waals surface area contributed by atoms with Crippen LogP contribution in [-0.2, 0) is 4.79 Å². The molecular weight excluding hydrogens is 310 g/mol. The maximum atomic E-state index is 11.8. The van der Waals surface area contributed by atoms with Crippen LogP contribution >= 0.6 is 15.9 Å². The number of carbonyl (C=O) groups is 1. The molecule has 0 bridgehead atoms.